The number of rotatable bonds is 5. The molecular formula is C22H20N4O3S. The van der Waals surface area contributed by atoms with Gasteiger partial charge in [0.1, 0.15) is 22.1 Å². The maximum Gasteiger partial charge on any atom is 0.274 e. The number of amides is 1. The first-order chi connectivity index (χ1) is 14.6. The molecule has 1 aliphatic carbocycles. The molecule has 1 fully saturated rings. The molecule has 0 unspecified atom stereocenters. The van der Waals surface area contributed by atoms with Crippen molar-refractivity contribution in [1.29, 1.82) is 0 Å². The highest BCUT2D eigenvalue weighted by atomic mass is 32.1. The molecule has 3 heterocycles. The van der Waals surface area contributed by atoms with E-state index in [2.05, 4.69) is 10.4 Å². The number of aryl methyl sites for hydroxylation is 1. The fourth-order valence-electron chi connectivity index (χ4n) is 3.94. The first-order valence-corrected chi connectivity index (χ1v) is 10.5. The zero-order valence-electron chi connectivity index (χ0n) is 16.5. The van der Waals surface area contributed by atoms with Crippen LogP contribution in [0.1, 0.15) is 39.5 Å². The lowest BCUT2D eigenvalue weighted by Crippen LogP contribution is -2.18. The molecule has 0 spiro atoms. The molecule has 8 heteroatoms. The van der Waals surface area contributed by atoms with Gasteiger partial charge < -0.3 is 4.74 Å². The molecule has 7 nitrogen and oxygen atoms in total. The van der Waals surface area contributed by atoms with Gasteiger partial charge in [0.15, 0.2) is 0 Å². The first-order valence-electron chi connectivity index (χ1n) is 9.60. The third kappa shape index (κ3) is 2.88. The summed E-state index contributed by atoms with van der Waals surface area (Å²) in [6.07, 6.45) is 4.00. The zero-order valence-corrected chi connectivity index (χ0v) is 17.4. The van der Waals surface area contributed by atoms with Crippen LogP contribution in [0, 0.1) is 6.92 Å². The van der Waals surface area contributed by atoms with Crippen LogP contribution in [-0.2, 0) is 5.41 Å². The monoisotopic (exact) mass is 420 g/mol. The van der Waals surface area contributed by atoms with E-state index in [1.165, 1.54) is 0 Å². The molecule has 0 atom stereocenters. The minimum atomic E-state index is -0.511. The zero-order chi connectivity index (χ0) is 20.9. The third-order valence-electron chi connectivity index (χ3n) is 5.72. The highest BCUT2D eigenvalue weighted by Gasteiger charge is 2.48. The van der Waals surface area contributed by atoms with Crippen molar-refractivity contribution in [2.24, 2.45) is 0 Å². The van der Waals surface area contributed by atoms with Crippen molar-refractivity contribution in [3.63, 3.8) is 0 Å². The predicted octanol–water partition coefficient (Wildman–Crippen LogP) is 3.97. The van der Waals surface area contributed by atoms with Gasteiger partial charge in [-0.25, -0.2) is 15.4 Å². The lowest BCUT2D eigenvalue weighted by atomic mass is 9.95. The van der Waals surface area contributed by atoms with Crippen LogP contribution in [0.2, 0.25) is 0 Å². The second kappa shape index (κ2) is 6.93. The Labute approximate surface area is 177 Å². The largest absolute Gasteiger partial charge is 0.497 e. The SMILES string of the molecule is COc1ccn2c(-c3csc(C4(c5ccc(C(=O)NO)cc5)CC4)n3)c(C)nc2c1. The van der Waals surface area contributed by atoms with Gasteiger partial charge in [0.25, 0.3) is 5.91 Å². The van der Waals surface area contributed by atoms with Crippen LogP contribution in [0.15, 0.2) is 48.0 Å². The molecule has 0 radical (unpaired) electrons. The summed E-state index contributed by atoms with van der Waals surface area (Å²) < 4.78 is 7.35. The van der Waals surface area contributed by atoms with Crippen molar-refractivity contribution < 1.29 is 14.7 Å². The Morgan fingerprint density at radius 3 is 2.67 bits per heavy atom. The molecule has 3 aromatic heterocycles. The van der Waals surface area contributed by atoms with Crippen molar-refractivity contribution >= 4 is 22.9 Å². The third-order valence-corrected chi connectivity index (χ3v) is 6.76. The van der Waals surface area contributed by atoms with Crippen LogP contribution in [0.4, 0.5) is 0 Å². The van der Waals surface area contributed by atoms with Gasteiger partial charge in [0, 0.05) is 28.6 Å². The summed E-state index contributed by atoms with van der Waals surface area (Å²) in [6, 6.07) is 11.2. The molecule has 0 aliphatic heterocycles. The molecule has 0 bridgehead atoms. The lowest BCUT2D eigenvalue weighted by Gasteiger charge is -2.13. The van der Waals surface area contributed by atoms with Gasteiger partial charge in [-0.1, -0.05) is 12.1 Å². The molecule has 1 amide bonds. The van der Waals surface area contributed by atoms with Crippen LogP contribution in [0.3, 0.4) is 0 Å². The van der Waals surface area contributed by atoms with Crippen LogP contribution in [0.25, 0.3) is 17.0 Å². The van der Waals surface area contributed by atoms with Crippen LogP contribution in [-0.4, -0.2) is 32.6 Å². The second-order valence-corrected chi connectivity index (χ2v) is 8.34. The molecule has 30 heavy (non-hydrogen) atoms. The van der Waals surface area contributed by atoms with E-state index in [1.54, 1.807) is 36.1 Å². The van der Waals surface area contributed by atoms with E-state index < -0.39 is 5.91 Å². The summed E-state index contributed by atoms with van der Waals surface area (Å²) in [6.45, 7) is 1.99. The van der Waals surface area contributed by atoms with Crippen LogP contribution in [0.5, 0.6) is 5.75 Å². The van der Waals surface area contributed by atoms with E-state index in [0.29, 0.717) is 5.56 Å². The number of aromatic nitrogens is 3. The molecule has 152 valence electrons. The number of hydrogen-bond donors (Lipinski definition) is 2. The van der Waals surface area contributed by atoms with Crippen molar-refractivity contribution in [2.45, 2.75) is 25.2 Å². The average molecular weight is 420 g/mol. The second-order valence-electron chi connectivity index (χ2n) is 7.48. The van der Waals surface area contributed by atoms with Gasteiger partial charge in [-0.15, -0.1) is 11.3 Å². The summed E-state index contributed by atoms with van der Waals surface area (Å²) in [5, 5.41) is 12.0. The Morgan fingerprint density at radius 2 is 2.00 bits per heavy atom. The van der Waals surface area contributed by atoms with E-state index in [4.69, 9.17) is 14.9 Å². The summed E-state index contributed by atoms with van der Waals surface area (Å²) >= 11 is 1.66. The number of imidazole rings is 1. The number of carbonyl (C=O) groups is 1. The maximum absolute atomic E-state index is 11.6. The van der Waals surface area contributed by atoms with Crippen molar-refractivity contribution in [3.05, 3.63) is 69.8 Å². The number of benzene rings is 1. The number of pyridine rings is 1. The number of fused-ring (bicyclic) bond motifs is 1. The van der Waals surface area contributed by atoms with Gasteiger partial charge in [-0.05, 0) is 43.5 Å². The van der Waals surface area contributed by atoms with Gasteiger partial charge in [0.2, 0.25) is 0 Å². The fourth-order valence-corrected chi connectivity index (χ4v) is 5.02. The van der Waals surface area contributed by atoms with Gasteiger partial charge in [-0.3, -0.25) is 14.4 Å². The van der Waals surface area contributed by atoms with Crippen molar-refractivity contribution in [3.8, 4) is 17.1 Å². The van der Waals surface area contributed by atoms with Crippen molar-refractivity contribution in [1.82, 2.24) is 19.8 Å². The molecule has 4 aromatic rings. The fraction of sp³-hybridized carbons (Fsp3) is 0.227. The van der Waals surface area contributed by atoms with Gasteiger partial charge in [-0.2, -0.15) is 0 Å². The number of ether oxygens (including phenoxy) is 1. The number of nitrogens with zero attached hydrogens (tertiary/aromatic N) is 3. The van der Waals surface area contributed by atoms with E-state index in [0.717, 1.165) is 51.9 Å². The lowest BCUT2D eigenvalue weighted by molar-refractivity contribution is 0.0706. The average Bonchev–Trinajstić information content (AvgIpc) is 3.32. The van der Waals surface area contributed by atoms with Crippen molar-refractivity contribution in [2.75, 3.05) is 7.11 Å². The standard InChI is InChI=1S/C22H20N4O3S/c1-13-19(26-10-7-16(29-2)11-18(26)23-13)17-12-30-21(24-17)22(8-9-22)15-5-3-14(4-6-15)20(27)25-28/h3-7,10-12,28H,8-9H2,1-2H3,(H,25,27). The van der Waals surface area contributed by atoms with Crippen LogP contribution < -0.4 is 10.2 Å². The number of hydroxylamine groups is 1. The molecule has 1 saturated carbocycles. The Hall–Kier alpha value is -3.23. The molecule has 0 saturated heterocycles. The van der Waals surface area contributed by atoms with E-state index in [9.17, 15) is 4.79 Å². The van der Waals surface area contributed by atoms with Gasteiger partial charge in [0.05, 0.1) is 18.5 Å². The Morgan fingerprint density at radius 1 is 1.23 bits per heavy atom. The van der Waals surface area contributed by atoms with Gasteiger partial charge >= 0.3 is 0 Å². The number of thiazole rings is 1. The maximum atomic E-state index is 11.6. The summed E-state index contributed by atoms with van der Waals surface area (Å²) in [4.78, 5) is 21.3. The predicted molar refractivity (Wildman–Crippen MR) is 113 cm³/mol. The molecule has 1 aromatic carbocycles. The highest BCUT2D eigenvalue weighted by molar-refractivity contribution is 7.10. The number of nitrogens with one attached hydrogen (secondary N) is 1. The first kappa shape index (κ1) is 18.8. The molecule has 5 rings (SSSR count). The Bertz CT molecular complexity index is 1260. The Balaban J connectivity index is 1.51. The number of hydrogen-bond acceptors (Lipinski definition) is 6. The van der Waals surface area contributed by atoms with E-state index in [1.807, 2.05) is 41.8 Å². The normalized spacial score (nSPS) is 14.6. The summed E-state index contributed by atoms with van der Waals surface area (Å²) in [5.41, 5.74) is 6.77. The molecular weight excluding hydrogens is 400 g/mol. The van der Waals surface area contributed by atoms with E-state index >= 15 is 0 Å². The highest BCUT2D eigenvalue weighted by Crippen LogP contribution is 2.54. The topological polar surface area (TPSA) is 88.8 Å². The minimum Gasteiger partial charge on any atom is -0.497 e. The quantitative estimate of drug-likeness (QED) is 0.377. The van der Waals surface area contributed by atoms with E-state index in [-0.39, 0.29) is 5.41 Å². The Kier molecular flexibility index (Phi) is 4.34. The molecule has 2 N–H and O–H groups in total. The summed E-state index contributed by atoms with van der Waals surface area (Å²) in [7, 11) is 1.65. The smallest absolute Gasteiger partial charge is 0.274 e. The van der Waals surface area contributed by atoms with Crippen LogP contribution >= 0.6 is 11.3 Å². The number of carbonyl (C=O) groups excluding carboxylic acids is 1. The number of methoxy groups -OCH3 is 1. The minimum absolute atomic E-state index is 0.102. The summed E-state index contributed by atoms with van der Waals surface area (Å²) in [5.74, 6) is 0.260. The molecule has 1 aliphatic rings.